The van der Waals surface area contributed by atoms with Crippen LogP contribution in [0.2, 0.25) is 0 Å². The number of ether oxygens (including phenoxy) is 1. The molecule has 1 aliphatic rings. The van der Waals surface area contributed by atoms with Crippen molar-refractivity contribution in [1.82, 2.24) is 15.0 Å². The first-order chi connectivity index (χ1) is 13.2. The van der Waals surface area contributed by atoms with E-state index >= 15 is 0 Å². The summed E-state index contributed by atoms with van der Waals surface area (Å²) in [6.45, 7) is 3.70. The summed E-state index contributed by atoms with van der Waals surface area (Å²) in [6.07, 6.45) is 3.49. The van der Waals surface area contributed by atoms with E-state index in [1.54, 1.807) is 7.11 Å². The van der Waals surface area contributed by atoms with Crippen LogP contribution in [0.5, 0.6) is 5.75 Å². The van der Waals surface area contributed by atoms with Gasteiger partial charge in [0.05, 0.1) is 13.7 Å². The Kier molecular flexibility index (Phi) is 5.21. The van der Waals surface area contributed by atoms with Crippen molar-refractivity contribution in [2.24, 2.45) is 0 Å². The maximum atomic E-state index is 5.54. The fourth-order valence-corrected chi connectivity index (χ4v) is 3.22. The summed E-state index contributed by atoms with van der Waals surface area (Å²) >= 11 is 0. The Hall–Kier alpha value is -2.66. The number of nitrogens with zero attached hydrogens (tertiary/aromatic N) is 3. The first-order valence-corrected chi connectivity index (χ1v) is 9.54. The van der Waals surface area contributed by atoms with E-state index in [1.165, 1.54) is 24.0 Å². The molecule has 0 unspecified atom stereocenters. The molecule has 27 heavy (non-hydrogen) atoms. The maximum Gasteiger partial charge on any atom is 0.241 e. The topological polar surface area (TPSA) is 51.4 Å². The Morgan fingerprint density at radius 2 is 1.70 bits per heavy atom. The molecule has 0 N–H and O–H groups in total. The van der Waals surface area contributed by atoms with Gasteiger partial charge in [0.1, 0.15) is 5.75 Å². The number of hydrogen-bond donors (Lipinski definition) is 0. The van der Waals surface area contributed by atoms with Crippen LogP contribution in [-0.2, 0) is 19.5 Å². The van der Waals surface area contributed by atoms with Crippen molar-refractivity contribution >= 4 is 0 Å². The molecule has 140 valence electrons. The standard InChI is InChI=1S/C22H25N3O2/c1-3-16-4-8-18(9-5-16)22-23-21(27-24-22)15-25(19-10-11-19)14-17-6-12-20(26-2)13-7-17/h4-9,12-13,19H,3,10-11,14-15H2,1-2H3. The molecule has 0 aliphatic heterocycles. The van der Waals surface area contributed by atoms with E-state index in [1.807, 2.05) is 12.1 Å². The van der Waals surface area contributed by atoms with Gasteiger partial charge in [0.15, 0.2) is 0 Å². The fraction of sp³-hybridized carbons (Fsp3) is 0.364. The van der Waals surface area contributed by atoms with Gasteiger partial charge in [-0.3, -0.25) is 4.90 Å². The van der Waals surface area contributed by atoms with Gasteiger partial charge in [0, 0.05) is 18.2 Å². The minimum absolute atomic E-state index is 0.603. The molecule has 4 rings (SSSR count). The Balaban J connectivity index is 1.45. The Bertz CT molecular complexity index is 867. The minimum Gasteiger partial charge on any atom is -0.497 e. The maximum absolute atomic E-state index is 5.54. The molecule has 0 spiro atoms. The van der Waals surface area contributed by atoms with Crippen LogP contribution in [-0.4, -0.2) is 28.2 Å². The van der Waals surface area contributed by atoms with Gasteiger partial charge >= 0.3 is 0 Å². The quantitative estimate of drug-likeness (QED) is 0.591. The third-order valence-electron chi connectivity index (χ3n) is 5.03. The summed E-state index contributed by atoms with van der Waals surface area (Å²) in [4.78, 5) is 7.03. The molecule has 0 atom stereocenters. The predicted octanol–water partition coefficient (Wildman–Crippen LogP) is 4.47. The minimum atomic E-state index is 0.603. The van der Waals surface area contributed by atoms with Gasteiger partial charge in [-0.15, -0.1) is 0 Å². The number of hydrogen-bond acceptors (Lipinski definition) is 5. The summed E-state index contributed by atoms with van der Waals surface area (Å²) in [5.74, 6) is 2.21. The molecule has 1 saturated carbocycles. The third-order valence-corrected chi connectivity index (χ3v) is 5.03. The lowest BCUT2D eigenvalue weighted by atomic mass is 10.1. The second kappa shape index (κ2) is 7.92. The average Bonchev–Trinajstić information content (AvgIpc) is 3.47. The Morgan fingerprint density at radius 1 is 1.00 bits per heavy atom. The van der Waals surface area contributed by atoms with Crippen LogP contribution in [0.1, 0.15) is 36.8 Å². The van der Waals surface area contributed by atoms with Gasteiger partial charge in [-0.25, -0.2) is 0 Å². The highest BCUT2D eigenvalue weighted by Crippen LogP contribution is 2.30. The number of benzene rings is 2. The fourth-order valence-electron chi connectivity index (χ4n) is 3.22. The van der Waals surface area contributed by atoms with Crippen molar-refractivity contribution in [2.45, 2.75) is 45.3 Å². The van der Waals surface area contributed by atoms with E-state index in [4.69, 9.17) is 9.26 Å². The van der Waals surface area contributed by atoms with Crippen molar-refractivity contribution in [1.29, 1.82) is 0 Å². The highest BCUT2D eigenvalue weighted by molar-refractivity contribution is 5.54. The molecule has 5 heteroatoms. The van der Waals surface area contributed by atoms with Crippen LogP contribution < -0.4 is 4.74 Å². The highest BCUT2D eigenvalue weighted by Gasteiger charge is 2.30. The van der Waals surface area contributed by atoms with Gasteiger partial charge in [0.25, 0.3) is 0 Å². The first-order valence-electron chi connectivity index (χ1n) is 9.54. The SMILES string of the molecule is CCc1ccc(-c2noc(CN(Cc3ccc(OC)cc3)C3CC3)n2)cc1. The summed E-state index contributed by atoms with van der Waals surface area (Å²) in [5, 5.41) is 4.18. The van der Waals surface area contributed by atoms with Crippen LogP contribution in [0, 0.1) is 0 Å². The van der Waals surface area contributed by atoms with Crippen molar-refractivity contribution in [3.63, 3.8) is 0 Å². The monoisotopic (exact) mass is 363 g/mol. The van der Waals surface area contributed by atoms with Crippen LogP contribution in [0.3, 0.4) is 0 Å². The summed E-state index contributed by atoms with van der Waals surface area (Å²) in [6, 6.07) is 17.2. The van der Waals surface area contributed by atoms with Crippen LogP contribution >= 0.6 is 0 Å². The molecule has 5 nitrogen and oxygen atoms in total. The molecule has 1 fully saturated rings. The summed E-state index contributed by atoms with van der Waals surface area (Å²) < 4.78 is 10.8. The van der Waals surface area contributed by atoms with E-state index in [0.717, 1.165) is 24.3 Å². The lowest BCUT2D eigenvalue weighted by molar-refractivity contribution is 0.209. The molecule has 1 aliphatic carbocycles. The van der Waals surface area contributed by atoms with Crippen LogP contribution in [0.25, 0.3) is 11.4 Å². The Labute approximate surface area is 160 Å². The van der Waals surface area contributed by atoms with Crippen molar-refractivity contribution in [2.75, 3.05) is 7.11 Å². The summed E-state index contributed by atoms with van der Waals surface area (Å²) in [5.41, 5.74) is 3.56. The van der Waals surface area contributed by atoms with Gasteiger partial charge in [-0.2, -0.15) is 4.98 Å². The molecule has 0 amide bonds. The molecule has 0 saturated heterocycles. The van der Waals surface area contributed by atoms with E-state index in [0.29, 0.717) is 24.3 Å². The van der Waals surface area contributed by atoms with Gasteiger partial charge in [-0.1, -0.05) is 48.5 Å². The zero-order valence-electron chi connectivity index (χ0n) is 15.9. The molecular formula is C22H25N3O2. The second-order valence-corrected chi connectivity index (χ2v) is 7.05. The highest BCUT2D eigenvalue weighted by atomic mass is 16.5. The molecule has 1 aromatic heterocycles. The normalized spacial score (nSPS) is 13.9. The molecule has 1 heterocycles. The van der Waals surface area contributed by atoms with Crippen molar-refractivity contribution < 1.29 is 9.26 Å². The van der Waals surface area contributed by atoms with Crippen molar-refractivity contribution in [3.05, 3.63) is 65.5 Å². The molecule has 0 bridgehead atoms. The predicted molar refractivity (Wildman–Crippen MR) is 104 cm³/mol. The average molecular weight is 363 g/mol. The number of methoxy groups -OCH3 is 1. The largest absolute Gasteiger partial charge is 0.497 e. The second-order valence-electron chi connectivity index (χ2n) is 7.05. The lowest BCUT2D eigenvalue weighted by Crippen LogP contribution is -2.25. The van der Waals surface area contributed by atoms with E-state index < -0.39 is 0 Å². The summed E-state index contributed by atoms with van der Waals surface area (Å²) in [7, 11) is 1.69. The van der Waals surface area contributed by atoms with Gasteiger partial charge in [0.2, 0.25) is 11.7 Å². The molecule has 2 aromatic carbocycles. The van der Waals surface area contributed by atoms with Crippen molar-refractivity contribution in [3.8, 4) is 17.1 Å². The van der Waals surface area contributed by atoms with Gasteiger partial charge in [-0.05, 0) is 42.5 Å². The van der Waals surface area contributed by atoms with Crippen LogP contribution in [0.4, 0.5) is 0 Å². The zero-order chi connectivity index (χ0) is 18.6. The Morgan fingerprint density at radius 3 is 2.33 bits per heavy atom. The smallest absolute Gasteiger partial charge is 0.241 e. The van der Waals surface area contributed by atoms with E-state index in [9.17, 15) is 0 Å². The number of aromatic nitrogens is 2. The number of aryl methyl sites for hydroxylation is 1. The van der Waals surface area contributed by atoms with E-state index in [-0.39, 0.29) is 0 Å². The zero-order valence-corrected chi connectivity index (χ0v) is 15.9. The van der Waals surface area contributed by atoms with Gasteiger partial charge < -0.3 is 9.26 Å². The molecule has 0 radical (unpaired) electrons. The number of rotatable bonds is 8. The third kappa shape index (κ3) is 4.37. The van der Waals surface area contributed by atoms with E-state index in [2.05, 4.69) is 58.4 Å². The molecular weight excluding hydrogens is 338 g/mol. The first kappa shape index (κ1) is 17.7. The van der Waals surface area contributed by atoms with Crippen LogP contribution in [0.15, 0.2) is 53.1 Å². The molecule has 3 aromatic rings. The lowest BCUT2D eigenvalue weighted by Gasteiger charge is -2.20.